The third-order valence-electron chi connectivity index (χ3n) is 6.16. The van der Waals surface area contributed by atoms with Crippen LogP contribution in [0.15, 0.2) is 65.3 Å². The van der Waals surface area contributed by atoms with Gasteiger partial charge < -0.3 is 14.0 Å². The number of halogens is 1. The third-order valence-corrected chi connectivity index (χ3v) is 6.59. The Kier molecular flexibility index (Phi) is 5.50. The molecule has 5 rings (SSSR count). The highest BCUT2D eigenvalue weighted by molar-refractivity contribution is 9.10. The fourth-order valence-corrected chi connectivity index (χ4v) is 5.06. The lowest BCUT2D eigenvalue weighted by Gasteiger charge is -2.33. The number of ether oxygens (including phenoxy) is 2. The molecule has 2 aromatic heterocycles. The maximum atomic E-state index is 12.3. The molecule has 5 nitrogen and oxygen atoms in total. The van der Waals surface area contributed by atoms with Gasteiger partial charge in [-0.15, -0.1) is 0 Å². The van der Waals surface area contributed by atoms with Crippen LogP contribution in [0.1, 0.15) is 34.8 Å². The average molecular weight is 479 g/mol. The van der Waals surface area contributed by atoms with Crippen LogP contribution in [-0.4, -0.2) is 35.8 Å². The van der Waals surface area contributed by atoms with Gasteiger partial charge in [0.15, 0.2) is 0 Å². The largest absolute Gasteiger partial charge is 0.465 e. The highest BCUT2D eigenvalue weighted by Crippen LogP contribution is 2.40. The molecule has 0 aliphatic carbocycles. The minimum Gasteiger partial charge on any atom is -0.465 e. The van der Waals surface area contributed by atoms with Crippen molar-refractivity contribution < 1.29 is 14.3 Å². The van der Waals surface area contributed by atoms with Gasteiger partial charge in [-0.3, -0.25) is 4.98 Å². The first-order valence-electron chi connectivity index (χ1n) is 10.5. The van der Waals surface area contributed by atoms with Gasteiger partial charge >= 0.3 is 5.97 Å². The van der Waals surface area contributed by atoms with Crippen LogP contribution in [0.3, 0.4) is 0 Å². The summed E-state index contributed by atoms with van der Waals surface area (Å²) in [5.41, 5.74) is 4.76. The fourth-order valence-electron chi connectivity index (χ4n) is 4.74. The lowest BCUT2D eigenvalue weighted by molar-refractivity contribution is 0.0553. The molecule has 6 heteroatoms. The average Bonchev–Trinajstić information content (AvgIpc) is 3.13. The van der Waals surface area contributed by atoms with Crippen molar-refractivity contribution in [2.45, 2.75) is 18.9 Å². The van der Waals surface area contributed by atoms with Crippen LogP contribution in [0.25, 0.3) is 21.9 Å². The molecule has 1 saturated heterocycles. The van der Waals surface area contributed by atoms with Gasteiger partial charge in [0.2, 0.25) is 0 Å². The van der Waals surface area contributed by atoms with E-state index in [4.69, 9.17) is 14.5 Å². The van der Waals surface area contributed by atoms with Gasteiger partial charge in [0.05, 0.1) is 35.3 Å². The Morgan fingerprint density at radius 1 is 1.13 bits per heavy atom. The molecule has 1 aliphatic rings. The molecule has 0 unspecified atom stereocenters. The van der Waals surface area contributed by atoms with Gasteiger partial charge in [-0.25, -0.2) is 4.79 Å². The number of carbonyl (C=O) groups is 1. The minimum absolute atomic E-state index is 0.106. The van der Waals surface area contributed by atoms with E-state index in [1.54, 1.807) is 0 Å². The molecule has 0 bridgehead atoms. The van der Waals surface area contributed by atoms with Crippen LogP contribution in [0.2, 0.25) is 0 Å². The normalized spacial score (nSPS) is 15.9. The SMILES string of the molecule is COC(=O)c1ccc2c3ncc(Br)cc3n([C@H](c3ccccc3)C3CCOCC3)c2c1. The maximum Gasteiger partial charge on any atom is 0.337 e. The molecule has 1 atom stereocenters. The maximum absolute atomic E-state index is 12.3. The molecule has 1 fully saturated rings. The van der Waals surface area contributed by atoms with Gasteiger partial charge in [-0.2, -0.15) is 0 Å². The molecule has 1 aliphatic heterocycles. The number of benzene rings is 2. The molecule has 0 N–H and O–H groups in total. The monoisotopic (exact) mass is 478 g/mol. The molecule has 2 aromatic carbocycles. The number of aromatic nitrogens is 2. The van der Waals surface area contributed by atoms with Gasteiger partial charge in [-0.05, 0) is 64.5 Å². The van der Waals surface area contributed by atoms with Crippen molar-refractivity contribution in [3.63, 3.8) is 0 Å². The van der Waals surface area contributed by atoms with E-state index < -0.39 is 0 Å². The molecule has 0 amide bonds. The van der Waals surface area contributed by atoms with Crippen molar-refractivity contribution in [2.75, 3.05) is 20.3 Å². The summed E-state index contributed by atoms with van der Waals surface area (Å²) in [6, 6.07) is 18.6. The topological polar surface area (TPSA) is 53.3 Å². The number of pyridine rings is 1. The lowest BCUT2D eigenvalue weighted by atomic mass is 9.86. The van der Waals surface area contributed by atoms with Crippen molar-refractivity contribution >= 4 is 43.8 Å². The van der Waals surface area contributed by atoms with E-state index in [1.165, 1.54) is 12.7 Å². The number of methoxy groups -OCH3 is 1. The highest BCUT2D eigenvalue weighted by Gasteiger charge is 2.30. The number of carbonyl (C=O) groups excluding carboxylic acids is 1. The minimum atomic E-state index is -0.338. The molecular formula is C25H23BrN2O3. The molecular weight excluding hydrogens is 456 g/mol. The van der Waals surface area contributed by atoms with E-state index >= 15 is 0 Å². The zero-order chi connectivity index (χ0) is 21.4. The summed E-state index contributed by atoms with van der Waals surface area (Å²) in [6.07, 6.45) is 3.80. The Morgan fingerprint density at radius 2 is 1.90 bits per heavy atom. The zero-order valence-corrected chi connectivity index (χ0v) is 18.8. The second kappa shape index (κ2) is 8.44. The van der Waals surface area contributed by atoms with Gasteiger partial charge in [0, 0.05) is 29.3 Å². The predicted molar refractivity (Wildman–Crippen MR) is 124 cm³/mol. The number of hydrogen-bond donors (Lipinski definition) is 0. The van der Waals surface area contributed by atoms with Crippen molar-refractivity contribution in [1.29, 1.82) is 0 Å². The molecule has 158 valence electrons. The van der Waals surface area contributed by atoms with E-state index in [0.29, 0.717) is 11.5 Å². The second-order valence-corrected chi connectivity index (χ2v) is 8.84. The summed E-state index contributed by atoms with van der Waals surface area (Å²) in [5.74, 6) is 0.0749. The third kappa shape index (κ3) is 3.64. The number of esters is 1. The lowest BCUT2D eigenvalue weighted by Crippen LogP contribution is -2.27. The molecule has 31 heavy (non-hydrogen) atoms. The molecule has 0 saturated carbocycles. The molecule has 0 radical (unpaired) electrons. The van der Waals surface area contributed by atoms with Crippen LogP contribution >= 0.6 is 15.9 Å². The van der Waals surface area contributed by atoms with E-state index in [9.17, 15) is 4.79 Å². The van der Waals surface area contributed by atoms with Gasteiger partial charge in [0.25, 0.3) is 0 Å². The Morgan fingerprint density at radius 3 is 2.65 bits per heavy atom. The van der Waals surface area contributed by atoms with Crippen LogP contribution in [0.4, 0.5) is 0 Å². The van der Waals surface area contributed by atoms with E-state index in [0.717, 1.165) is 52.5 Å². The first-order valence-corrected chi connectivity index (χ1v) is 11.3. The quantitative estimate of drug-likeness (QED) is 0.350. The van der Waals surface area contributed by atoms with Crippen LogP contribution < -0.4 is 0 Å². The van der Waals surface area contributed by atoms with Gasteiger partial charge in [-0.1, -0.05) is 30.3 Å². The van der Waals surface area contributed by atoms with Gasteiger partial charge in [0.1, 0.15) is 0 Å². The smallest absolute Gasteiger partial charge is 0.337 e. The van der Waals surface area contributed by atoms with E-state index in [1.807, 2.05) is 30.5 Å². The first-order chi connectivity index (χ1) is 15.2. The molecule has 3 heterocycles. The molecule has 0 spiro atoms. The number of rotatable bonds is 4. The summed E-state index contributed by atoms with van der Waals surface area (Å²) in [4.78, 5) is 17.0. The Bertz CT molecular complexity index is 1250. The number of nitrogens with zero attached hydrogens (tertiary/aromatic N) is 2. The Hall–Kier alpha value is -2.70. The second-order valence-electron chi connectivity index (χ2n) is 7.92. The number of fused-ring (bicyclic) bond motifs is 3. The summed E-state index contributed by atoms with van der Waals surface area (Å²) in [7, 11) is 1.41. The van der Waals surface area contributed by atoms with Crippen molar-refractivity contribution in [1.82, 2.24) is 9.55 Å². The van der Waals surface area contributed by atoms with Crippen LogP contribution in [0.5, 0.6) is 0 Å². The van der Waals surface area contributed by atoms with Crippen molar-refractivity contribution in [2.24, 2.45) is 5.92 Å². The summed E-state index contributed by atoms with van der Waals surface area (Å²) >= 11 is 3.60. The van der Waals surface area contributed by atoms with E-state index in [-0.39, 0.29) is 12.0 Å². The predicted octanol–water partition coefficient (Wildman–Crippen LogP) is 5.75. The van der Waals surface area contributed by atoms with E-state index in [2.05, 4.69) is 50.8 Å². The first kappa shape index (κ1) is 20.2. The summed E-state index contributed by atoms with van der Waals surface area (Å²) < 4.78 is 14.0. The zero-order valence-electron chi connectivity index (χ0n) is 17.3. The van der Waals surface area contributed by atoms with Crippen molar-refractivity contribution in [3.8, 4) is 0 Å². The van der Waals surface area contributed by atoms with Crippen molar-refractivity contribution in [3.05, 3.63) is 76.4 Å². The standard InChI is InChI=1S/C25H23BrN2O3/c1-30-25(29)18-7-8-20-21(13-18)28(22-14-19(26)15-27-23(20)22)24(16-5-3-2-4-6-16)17-9-11-31-12-10-17/h2-8,13-15,17,24H,9-12H2,1H3/t24-/m1/s1. The Balaban J connectivity index is 1.83. The fraction of sp³-hybridized carbons (Fsp3) is 0.280. The number of hydrogen-bond acceptors (Lipinski definition) is 4. The summed E-state index contributed by atoms with van der Waals surface area (Å²) in [5, 5.41) is 1.03. The van der Waals surface area contributed by atoms with Crippen LogP contribution in [-0.2, 0) is 9.47 Å². The summed E-state index contributed by atoms with van der Waals surface area (Å²) in [6.45, 7) is 1.53. The Labute approximate surface area is 189 Å². The molecule has 4 aromatic rings. The van der Waals surface area contributed by atoms with Crippen LogP contribution in [0, 0.1) is 5.92 Å². The highest BCUT2D eigenvalue weighted by atomic mass is 79.9.